The zero-order chi connectivity index (χ0) is 14.8. The van der Waals surface area contributed by atoms with Crippen molar-refractivity contribution in [2.24, 2.45) is 0 Å². The molecule has 1 aliphatic rings. The van der Waals surface area contributed by atoms with Gasteiger partial charge in [0.2, 0.25) is 0 Å². The molecule has 2 aromatic rings. The Balaban J connectivity index is 1.79. The van der Waals surface area contributed by atoms with E-state index in [0.717, 1.165) is 17.7 Å². The molecule has 0 radical (unpaired) electrons. The average Bonchev–Trinajstić information content (AvgIpc) is 2.51. The number of nitrogens with one attached hydrogen (secondary N) is 1. The number of para-hydroxylation sites is 1. The third-order valence-corrected chi connectivity index (χ3v) is 3.89. The predicted octanol–water partition coefficient (Wildman–Crippen LogP) is 4.25. The van der Waals surface area contributed by atoms with Gasteiger partial charge in [0.05, 0.1) is 6.61 Å². The summed E-state index contributed by atoms with van der Waals surface area (Å²) in [6.45, 7) is 2.74. The van der Waals surface area contributed by atoms with Crippen molar-refractivity contribution in [3.63, 3.8) is 0 Å². The Hall–Kier alpha value is -2.10. The number of anilines is 1. The lowest BCUT2D eigenvalue weighted by Gasteiger charge is -2.26. The number of ether oxygens (including phenoxy) is 1. The van der Waals surface area contributed by atoms with Crippen molar-refractivity contribution in [2.75, 3.05) is 18.5 Å². The van der Waals surface area contributed by atoms with E-state index in [9.17, 15) is 8.78 Å². The van der Waals surface area contributed by atoms with Crippen molar-refractivity contribution < 1.29 is 13.5 Å². The maximum atomic E-state index is 14.0. The van der Waals surface area contributed by atoms with Crippen LogP contribution in [0.5, 0.6) is 5.75 Å². The number of hydrogen-bond donors (Lipinski definition) is 1. The van der Waals surface area contributed by atoms with Gasteiger partial charge in [0, 0.05) is 12.5 Å². The molecule has 0 fully saturated rings. The smallest absolute Gasteiger partial charge is 0.152 e. The molecule has 21 heavy (non-hydrogen) atoms. The van der Waals surface area contributed by atoms with E-state index in [2.05, 4.69) is 5.32 Å². The first kappa shape index (κ1) is 13.9. The summed E-state index contributed by atoms with van der Waals surface area (Å²) in [5, 5.41) is 2.93. The number of hydrogen-bond acceptors (Lipinski definition) is 2. The minimum Gasteiger partial charge on any atom is -0.493 e. The average molecular weight is 289 g/mol. The van der Waals surface area contributed by atoms with E-state index in [4.69, 9.17) is 4.74 Å². The molecule has 0 aliphatic carbocycles. The third kappa shape index (κ3) is 2.71. The van der Waals surface area contributed by atoms with Gasteiger partial charge >= 0.3 is 0 Å². The Bertz CT molecular complexity index is 657. The monoisotopic (exact) mass is 289 g/mol. The van der Waals surface area contributed by atoms with Gasteiger partial charge in [0.1, 0.15) is 17.3 Å². The summed E-state index contributed by atoms with van der Waals surface area (Å²) >= 11 is 0. The second-order valence-electron chi connectivity index (χ2n) is 5.31. The molecule has 3 rings (SSSR count). The molecule has 2 nitrogen and oxygen atoms in total. The topological polar surface area (TPSA) is 21.3 Å². The van der Waals surface area contributed by atoms with Gasteiger partial charge in [-0.15, -0.1) is 0 Å². The second kappa shape index (κ2) is 5.72. The Morgan fingerprint density at radius 1 is 1.19 bits per heavy atom. The fourth-order valence-electron chi connectivity index (χ4n) is 2.67. The number of rotatable bonds is 3. The van der Waals surface area contributed by atoms with Crippen molar-refractivity contribution in [3.05, 3.63) is 59.2 Å². The number of benzene rings is 2. The van der Waals surface area contributed by atoms with Gasteiger partial charge < -0.3 is 10.1 Å². The second-order valence-corrected chi connectivity index (χ2v) is 5.31. The molecule has 0 amide bonds. The fraction of sp³-hybridized carbons (Fsp3) is 0.294. The summed E-state index contributed by atoms with van der Waals surface area (Å²) in [6, 6.07) is 10.5. The first-order chi connectivity index (χ1) is 10.2. The van der Waals surface area contributed by atoms with Crippen LogP contribution in [-0.4, -0.2) is 13.2 Å². The van der Waals surface area contributed by atoms with Crippen LogP contribution >= 0.6 is 0 Å². The molecule has 0 saturated heterocycles. The molecule has 1 atom stereocenters. The molecule has 2 aromatic carbocycles. The summed E-state index contributed by atoms with van der Waals surface area (Å²) in [6.07, 6.45) is 0.832. The van der Waals surface area contributed by atoms with Crippen LogP contribution in [0.4, 0.5) is 14.5 Å². The lowest BCUT2D eigenvalue weighted by Crippen LogP contribution is -2.21. The van der Waals surface area contributed by atoms with Crippen LogP contribution in [0.15, 0.2) is 36.4 Å². The van der Waals surface area contributed by atoms with Gasteiger partial charge in [-0.25, -0.2) is 8.78 Å². The van der Waals surface area contributed by atoms with Crippen LogP contribution in [0.3, 0.4) is 0 Å². The highest BCUT2D eigenvalue weighted by molar-refractivity contribution is 5.50. The lowest BCUT2D eigenvalue weighted by molar-refractivity contribution is 0.270. The van der Waals surface area contributed by atoms with Crippen LogP contribution in [-0.2, 0) is 0 Å². The van der Waals surface area contributed by atoms with E-state index in [-0.39, 0.29) is 11.6 Å². The molecule has 4 heteroatoms. The Morgan fingerprint density at radius 3 is 2.86 bits per heavy atom. The highest BCUT2D eigenvalue weighted by atomic mass is 19.1. The lowest BCUT2D eigenvalue weighted by atomic mass is 9.93. The SMILES string of the molecule is Cc1ccc(F)c(NCC2CCOc3ccccc32)c1F. The van der Waals surface area contributed by atoms with Gasteiger partial charge in [-0.3, -0.25) is 0 Å². The Morgan fingerprint density at radius 2 is 2.00 bits per heavy atom. The minimum atomic E-state index is -0.557. The van der Waals surface area contributed by atoms with Gasteiger partial charge in [-0.05, 0) is 36.6 Å². The number of fused-ring (bicyclic) bond motifs is 1. The Kier molecular flexibility index (Phi) is 3.78. The van der Waals surface area contributed by atoms with Crippen molar-refractivity contribution >= 4 is 5.69 Å². The molecule has 0 bridgehead atoms. The molecule has 0 saturated carbocycles. The molecular weight excluding hydrogens is 272 g/mol. The van der Waals surface area contributed by atoms with Gasteiger partial charge in [-0.1, -0.05) is 24.3 Å². The molecule has 110 valence electrons. The number of halogens is 2. The fourth-order valence-corrected chi connectivity index (χ4v) is 2.67. The van der Waals surface area contributed by atoms with E-state index in [0.29, 0.717) is 18.7 Å². The van der Waals surface area contributed by atoms with Crippen LogP contribution in [0.1, 0.15) is 23.5 Å². The van der Waals surface area contributed by atoms with Crippen molar-refractivity contribution in [1.29, 1.82) is 0 Å². The van der Waals surface area contributed by atoms with Crippen LogP contribution in [0.2, 0.25) is 0 Å². The van der Waals surface area contributed by atoms with E-state index in [1.54, 1.807) is 6.92 Å². The maximum Gasteiger partial charge on any atom is 0.152 e. The molecular formula is C17H17F2NO. The van der Waals surface area contributed by atoms with E-state index in [1.807, 2.05) is 24.3 Å². The normalized spacial score (nSPS) is 17.0. The van der Waals surface area contributed by atoms with Gasteiger partial charge in [0.15, 0.2) is 5.82 Å². The van der Waals surface area contributed by atoms with E-state index < -0.39 is 11.6 Å². The molecule has 1 N–H and O–H groups in total. The van der Waals surface area contributed by atoms with Crippen molar-refractivity contribution in [2.45, 2.75) is 19.3 Å². The molecule has 1 unspecified atom stereocenters. The van der Waals surface area contributed by atoms with Crippen LogP contribution in [0.25, 0.3) is 0 Å². The third-order valence-electron chi connectivity index (χ3n) is 3.89. The quantitative estimate of drug-likeness (QED) is 0.912. The summed E-state index contributed by atoms with van der Waals surface area (Å²) < 4.78 is 33.3. The van der Waals surface area contributed by atoms with E-state index in [1.165, 1.54) is 12.1 Å². The first-order valence-corrected chi connectivity index (χ1v) is 7.07. The first-order valence-electron chi connectivity index (χ1n) is 7.07. The van der Waals surface area contributed by atoms with Gasteiger partial charge in [0.25, 0.3) is 0 Å². The molecule has 1 aliphatic heterocycles. The molecule has 0 aromatic heterocycles. The highest BCUT2D eigenvalue weighted by Crippen LogP contribution is 2.34. The Labute approximate surface area is 122 Å². The minimum absolute atomic E-state index is 0.0426. The summed E-state index contributed by atoms with van der Waals surface area (Å²) in [5.41, 5.74) is 1.48. The zero-order valence-electron chi connectivity index (χ0n) is 11.8. The zero-order valence-corrected chi connectivity index (χ0v) is 11.8. The molecule has 0 spiro atoms. The largest absolute Gasteiger partial charge is 0.493 e. The highest BCUT2D eigenvalue weighted by Gasteiger charge is 2.22. The van der Waals surface area contributed by atoms with Gasteiger partial charge in [-0.2, -0.15) is 0 Å². The van der Waals surface area contributed by atoms with Crippen molar-refractivity contribution in [3.8, 4) is 5.75 Å². The van der Waals surface area contributed by atoms with Crippen LogP contribution in [0, 0.1) is 18.6 Å². The standard InChI is InChI=1S/C17H17F2NO/c1-11-6-7-14(18)17(16(11)19)20-10-12-8-9-21-15-5-3-2-4-13(12)15/h2-7,12,20H,8-10H2,1H3. The molecule has 1 heterocycles. The van der Waals surface area contributed by atoms with E-state index >= 15 is 0 Å². The summed E-state index contributed by atoms with van der Waals surface area (Å²) in [5.74, 6) is -0.0243. The summed E-state index contributed by atoms with van der Waals surface area (Å²) in [7, 11) is 0. The maximum absolute atomic E-state index is 14.0. The number of aryl methyl sites for hydroxylation is 1. The predicted molar refractivity (Wildman–Crippen MR) is 78.9 cm³/mol. The van der Waals surface area contributed by atoms with Crippen LogP contribution < -0.4 is 10.1 Å². The van der Waals surface area contributed by atoms with Crippen molar-refractivity contribution in [1.82, 2.24) is 0 Å². The summed E-state index contributed by atoms with van der Waals surface area (Å²) in [4.78, 5) is 0.